The Bertz CT molecular complexity index is 567. The van der Waals surface area contributed by atoms with Gasteiger partial charge in [0, 0.05) is 5.71 Å². The lowest BCUT2D eigenvalue weighted by molar-refractivity contribution is -0.132. The predicted octanol–water partition coefficient (Wildman–Crippen LogP) is 3.20. The van der Waals surface area contributed by atoms with Crippen molar-refractivity contribution in [2.45, 2.75) is 6.92 Å². The van der Waals surface area contributed by atoms with Gasteiger partial charge in [0.25, 0.3) is 0 Å². The van der Waals surface area contributed by atoms with Crippen LogP contribution in [0.25, 0.3) is 0 Å². The average Bonchev–Trinajstić information content (AvgIpc) is 2.33. The van der Waals surface area contributed by atoms with Crippen molar-refractivity contribution in [3.63, 3.8) is 0 Å². The number of nitrogens with zero attached hydrogens (tertiary/aromatic N) is 2. The van der Waals surface area contributed by atoms with Gasteiger partial charge in [0.2, 0.25) is 0 Å². The van der Waals surface area contributed by atoms with E-state index in [-0.39, 0.29) is 12.4 Å². The first-order valence-corrected chi connectivity index (χ1v) is 5.94. The van der Waals surface area contributed by atoms with E-state index in [1.165, 1.54) is 11.0 Å². The number of hydrogen-bond acceptors (Lipinski definition) is 3. The van der Waals surface area contributed by atoms with Gasteiger partial charge in [0.1, 0.15) is 12.4 Å². The van der Waals surface area contributed by atoms with E-state index in [9.17, 15) is 9.90 Å². The summed E-state index contributed by atoms with van der Waals surface area (Å²) < 4.78 is 0. The standard InChI is InChI=1S/C12H10Cl2N2O2/c1-7-5-10(12(17)18)16(6-15-7)9-4-2-3-8(13)11(9)14/h2-5H,6H2,1H3,(H,17,18). The van der Waals surface area contributed by atoms with Gasteiger partial charge in [-0.15, -0.1) is 0 Å². The van der Waals surface area contributed by atoms with Crippen LogP contribution in [0.15, 0.2) is 35.0 Å². The molecule has 4 nitrogen and oxygen atoms in total. The topological polar surface area (TPSA) is 52.9 Å². The number of benzene rings is 1. The minimum atomic E-state index is -1.03. The molecule has 0 fully saturated rings. The predicted molar refractivity (Wildman–Crippen MR) is 72.6 cm³/mol. The zero-order chi connectivity index (χ0) is 13.3. The van der Waals surface area contributed by atoms with Crippen LogP contribution in [0, 0.1) is 0 Å². The number of carboxylic acids is 1. The minimum Gasteiger partial charge on any atom is -0.477 e. The molecule has 94 valence electrons. The van der Waals surface area contributed by atoms with Crippen molar-refractivity contribution in [2.24, 2.45) is 4.99 Å². The van der Waals surface area contributed by atoms with Gasteiger partial charge < -0.3 is 10.0 Å². The molecule has 0 radical (unpaired) electrons. The van der Waals surface area contributed by atoms with E-state index in [1.807, 2.05) is 0 Å². The molecule has 1 aliphatic rings. The number of halogens is 2. The fraction of sp³-hybridized carbons (Fsp3) is 0.167. The van der Waals surface area contributed by atoms with Gasteiger partial charge in [-0.25, -0.2) is 4.79 Å². The normalized spacial score (nSPS) is 15.2. The summed E-state index contributed by atoms with van der Waals surface area (Å²) in [4.78, 5) is 16.9. The second-order valence-electron chi connectivity index (χ2n) is 3.78. The van der Waals surface area contributed by atoms with Gasteiger partial charge in [-0.05, 0) is 25.1 Å². The quantitative estimate of drug-likeness (QED) is 0.907. The fourth-order valence-electron chi connectivity index (χ4n) is 1.66. The second-order valence-corrected chi connectivity index (χ2v) is 4.56. The summed E-state index contributed by atoms with van der Waals surface area (Å²) in [6, 6.07) is 5.07. The maximum atomic E-state index is 11.2. The van der Waals surface area contributed by atoms with E-state index in [4.69, 9.17) is 23.2 Å². The molecule has 1 aromatic rings. The molecule has 0 bridgehead atoms. The largest absolute Gasteiger partial charge is 0.477 e. The number of carboxylic acid groups (broad SMARTS) is 1. The number of aliphatic imine (C=N–C) groups is 1. The first-order chi connectivity index (χ1) is 8.50. The van der Waals surface area contributed by atoms with Gasteiger partial charge >= 0.3 is 5.97 Å². The third-order valence-electron chi connectivity index (χ3n) is 2.54. The highest BCUT2D eigenvalue weighted by atomic mass is 35.5. The minimum absolute atomic E-state index is 0.131. The molecule has 0 unspecified atom stereocenters. The number of aliphatic carboxylic acids is 1. The Hall–Kier alpha value is -1.52. The van der Waals surface area contributed by atoms with Crippen LogP contribution in [-0.2, 0) is 4.79 Å². The molecule has 18 heavy (non-hydrogen) atoms. The Morgan fingerprint density at radius 2 is 2.17 bits per heavy atom. The van der Waals surface area contributed by atoms with Crippen molar-refractivity contribution in [3.8, 4) is 0 Å². The Labute approximate surface area is 114 Å². The summed E-state index contributed by atoms with van der Waals surface area (Å²) >= 11 is 12.0. The zero-order valence-electron chi connectivity index (χ0n) is 9.52. The number of rotatable bonds is 2. The molecule has 1 heterocycles. The van der Waals surface area contributed by atoms with Crippen molar-refractivity contribution < 1.29 is 9.90 Å². The van der Waals surface area contributed by atoms with Crippen molar-refractivity contribution in [1.29, 1.82) is 0 Å². The molecule has 0 aromatic heterocycles. The van der Waals surface area contributed by atoms with Gasteiger partial charge in [-0.2, -0.15) is 0 Å². The Morgan fingerprint density at radius 1 is 1.44 bits per heavy atom. The molecule has 0 amide bonds. The van der Waals surface area contributed by atoms with Crippen LogP contribution >= 0.6 is 23.2 Å². The first kappa shape index (κ1) is 12.9. The Morgan fingerprint density at radius 3 is 2.83 bits per heavy atom. The van der Waals surface area contributed by atoms with Gasteiger partial charge in [-0.1, -0.05) is 29.3 Å². The average molecular weight is 285 g/mol. The van der Waals surface area contributed by atoms with Gasteiger partial charge in [0.05, 0.1) is 15.7 Å². The van der Waals surface area contributed by atoms with Crippen LogP contribution < -0.4 is 4.90 Å². The molecule has 0 saturated carbocycles. The van der Waals surface area contributed by atoms with Crippen LogP contribution in [0.3, 0.4) is 0 Å². The number of hydrogen-bond donors (Lipinski definition) is 1. The lowest BCUT2D eigenvalue weighted by atomic mass is 10.2. The van der Waals surface area contributed by atoms with Crippen LogP contribution in [0.5, 0.6) is 0 Å². The molecule has 0 saturated heterocycles. The van der Waals surface area contributed by atoms with Crippen LogP contribution in [-0.4, -0.2) is 23.5 Å². The highest BCUT2D eigenvalue weighted by molar-refractivity contribution is 6.43. The molecule has 2 rings (SSSR count). The molecular weight excluding hydrogens is 275 g/mol. The molecule has 1 aromatic carbocycles. The molecule has 0 aliphatic carbocycles. The number of allylic oxidation sites excluding steroid dienone is 1. The fourth-order valence-corrected chi connectivity index (χ4v) is 2.06. The van der Waals surface area contributed by atoms with E-state index in [0.29, 0.717) is 21.4 Å². The van der Waals surface area contributed by atoms with Crippen LogP contribution in [0.2, 0.25) is 10.0 Å². The van der Waals surface area contributed by atoms with Crippen molar-refractivity contribution in [2.75, 3.05) is 11.6 Å². The molecular formula is C12H10Cl2N2O2. The summed E-state index contributed by atoms with van der Waals surface area (Å²) in [5.74, 6) is -1.03. The van der Waals surface area contributed by atoms with Gasteiger partial charge in [0.15, 0.2) is 0 Å². The van der Waals surface area contributed by atoms with Crippen LogP contribution in [0.4, 0.5) is 5.69 Å². The smallest absolute Gasteiger partial charge is 0.352 e. The first-order valence-electron chi connectivity index (χ1n) is 5.18. The molecule has 1 N–H and O–H groups in total. The van der Waals surface area contributed by atoms with E-state index in [2.05, 4.69) is 4.99 Å². The van der Waals surface area contributed by atoms with E-state index < -0.39 is 5.97 Å². The van der Waals surface area contributed by atoms with Crippen molar-refractivity contribution in [3.05, 3.63) is 40.0 Å². The van der Waals surface area contributed by atoms with Crippen LogP contribution in [0.1, 0.15) is 6.92 Å². The van der Waals surface area contributed by atoms with Crippen molar-refractivity contribution in [1.82, 2.24) is 0 Å². The van der Waals surface area contributed by atoms with Crippen molar-refractivity contribution >= 4 is 40.6 Å². The summed E-state index contributed by atoms with van der Waals surface area (Å²) in [6.07, 6.45) is 1.50. The second kappa shape index (κ2) is 5.00. The Balaban J connectivity index is 2.48. The van der Waals surface area contributed by atoms with Gasteiger partial charge in [-0.3, -0.25) is 4.99 Å². The van der Waals surface area contributed by atoms with E-state index in [0.717, 1.165) is 0 Å². The number of anilines is 1. The molecule has 1 aliphatic heterocycles. The summed E-state index contributed by atoms with van der Waals surface area (Å²) in [6.45, 7) is 1.96. The molecule has 6 heteroatoms. The van der Waals surface area contributed by atoms with E-state index >= 15 is 0 Å². The summed E-state index contributed by atoms with van der Waals surface area (Å²) in [5.41, 5.74) is 1.34. The lowest BCUT2D eigenvalue weighted by Crippen LogP contribution is -2.31. The third-order valence-corrected chi connectivity index (χ3v) is 3.35. The highest BCUT2D eigenvalue weighted by Gasteiger charge is 2.23. The summed E-state index contributed by atoms with van der Waals surface area (Å²) in [7, 11) is 0. The number of carbonyl (C=O) groups is 1. The lowest BCUT2D eigenvalue weighted by Gasteiger charge is -2.27. The maximum absolute atomic E-state index is 11.2. The zero-order valence-corrected chi connectivity index (χ0v) is 11.0. The summed E-state index contributed by atoms with van der Waals surface area (Å²) in [5, 5.41) is 9.91. The Kier molecular flexibility index (Phi) is 3.59. The van der Waals surface area contributed by atoms with E-state index in [1.54, 1.807) is 25.1 Å². The highest BCUT2D eigenvalue weighted by Crippen LogP contribution is 2.34. The molecule has 0 atom stereocenters. The third kappa shape index (κ3) is 2.35. The SMILES string of the molecule is CC1=NCN(c2cccc(Cl)c2Cl)C(C(=O)O)=C1. The molecule has 0 spiro atoms. The maximum Gasteiger partial charge on any atom is 0.352 e. The monoisotopic (exact) mass is 284 g/mol.